The first-order valence-electron chi connectivity index (χ1n) is 5.01. The third-order valence-electron chi connectivity index (χ3n) is 2.78. The monoisotopic (exact) mass is 235 g/mol. The lowest BCUT2D eigenvalue weighted by atomic mass is 10.8. The number of hydrogen-bond donors (Lipinski definition) is 0. The summed E-state index contributed by atoms with van der Waals surface area (Å²) in [5.41, 5.74) is 0. The fraction of sp³-hybridized carbons (Fsp3) is 0.900. The van der Waals surface area contributed by atoms with Gasteiger partial charge in [0.2, 0.25) is 0 Å². The van der Waals surface area contributed by atoms with Crippen molar-refractivity contribution in [1.82, 2.24) is 0 Å². The molecular formula is C10H22NOPS. The number of thiocyanates is 1. The maximum atomic E-state index is 7.13. The summed E-state index contributed by atoms with van der Waals surface area (Å²) in [6, 6.07) is 0. The normalized spacial score (nSPS) is 9.93. The van der Waals surface area contributed by atoms with E-state index in [1.807, 2.05) is 0 Å². The van der Waals surface area contributed by atoms with Crippen LogP contribution in [0.2, 0.25) is 0 Å². The van der Waals surface area contributed by atoms with Crippen LogP contribution in [0.3, 0.4) is 0 Å². The molecule has 0 bridgehead atoms. The second-order valence-corrected chi connectivity index (χ2v) is 8.31. The summed E-state index contributed by atoms with van der Waals surface area (Å²) in [7, 11) is 1.22. The Kier molecular flexibility index (Phi) is 13.2. The molecule has 0 radical (unpaired) electrons. The van der Waals surface area contributed by atoms with E-state index >= 15 is 0 Å². The van der Waals surface area contributed by atoms with Gasteiger partial charge in [0.25, 0.3) is 0 Å². The average Bonchev–Trinajstić information content (AvgIpc) is 2.22. The zero-order valence-corrected chi connectivity index (χ0v) is 11.5. The fourth-order valence-corrected chi connectivity index (χ4v) is 4.29. The number of nitrogens with zero attached hydrogens (tertiary/aromatic N) is 1. The highest BCUT2D eigenvalue weighted by atomic mass is 32.1. The summed E-state index contributed by atoms with van der Waals surface area (Å²) in [5.74, 6) is 0. The minimum atomic E-state index is -0.580. The Bertz CT molecular complexity index is 146. The van der Waals surface area contributed by atoms with Gasteiger partial charge in [0.15, 0.2) is 0 Å². The van der Waals surface area contributed by atoms with Gasteiger partial charge in [0.1, 0.15) is 0 Å². The lowest BCUT2D eigenvalue weighted by Crippen LogP contribution is -2.11. The Hall–Kier alpha value is 0.100. The van der Waals surface area contributed by atoms with Gasteiger partial charge in [-0.15, -0.1) is 0 Å². The average molecular weight is 235 g/mol. The van der Waals surface area contributed by atoms with E-state index in [9.17, 15) is 0 Å². The molecule has 0 aromatic rings. The van der Waals surface area contributed by atoms with Crippen LogP contribution in [0.25, 0.3) is 0 Å². The molecule has 0 saturated heterocycles. The van der Waals surface area contributed by atoms with Gasteiger partial charge in [-0.05, 0) is 20.8 Å². The Balaban J connectivity index is 0. The molecule has 0 saturated carbocycles. The minimum absolute atomic E-state index is 0.580. The van der Waals surface area contributed by atoms with Gasteiger partial charge in [-0.2, -0.15) is 0 Å². The predicted molar refractivity (Wildman–Crippen MR) is 68.3 cm³/mol. The topological polar surface area (TPSA) is 33.0 Å². The number of methoxy groups -OCH3 is 1. The lowest BCUT2D eigenvalue weighted by molar-refractivity contribution is 0.217. The van der Waals surface area contributed by atoms with Gasteiger partial charge >= 0.3 is 0 Å². The van der Waals surface area contributed by atoms with Crippen LogP contribution in [0.1, 0.15) is 20.8 Å². The third kappa shape index (κ3) is 7.50. The van der Waals surface area contributed by atoms with Crippen LogP contribution in [0.15, 0.2) is 0 Å². The lowest BCUT2D eigenvalue weighted by Gasteiger charge is -2.22. The van der Waals surface area contributed by atoms with Crippen LogP contribution in [-0.2, 0) is 17.4 Å². The predicted octanol–water partition coefficient (Wildman–Crippen LogP) is 2.72. The zero-order chi connectivity index (χ0) is 11.4. The summed E-state index contributed by atoms with van der Waals surface area (Å²) in [4.78, 5) is 0. The Labute approximate surface area is 94.8 Å². The number of rotatable bonds is 6. The molecule has 0 spiro atoms. The van der Waals surface area contributed by atoms with Gasteiger partial charge in [0.05, 0.1) is 31.3 Å². The second-order valence-electron chi connectivity index (χ2n) is 3.10. The molecule has 0 rings (SSSR count). The van der Waals surface area contributed by atoms with Crippen LogP contribution >= 0.6 is 7.26 Å². The molecule has 0 aliphatic heterocycles. The maximum absolute atomic E-state index is 7.13. The van der Waals surface area contributed by atoms with Crippen LogP contribution < -0.4 is 0 Å². The molecule has 0 amide bonds. The zero-order valence-electron chi connectivity index (χ0n) is 9.75. The molecule has 0 N–H and O–H groups in total. The van der Waals surface area contributed by atoms with Crippen LogP contribution in [0, 0.1) is 10.7 Å². The summed E-state index contributed by atoms with van der Waals surface area (Å²) < 4.78 is 5.13. The third-order valence-corrected chi connectivity index (χ3v) is 7.94. The first kappa shape index (κ1) is 16.5. The fourth-order valence-electron chi connectivity index (χ4n) is 1.43. The summed E-state index contributed by atoms with van der Waals surface area (Å²) in [5, 5.41) is 8.47. The van der Waals surface area contributed by atoms with E-state index in [2.05, 4.69) is 33.4 Å². The Morgan fingerprint density at radius 2 is 1.57 bits per heavy atom. The molecule has 0 aliphatic rings. The summed E-state index contributed by atoms with van der Waals surface area (Å²) in [6.45, 7) is 7.95. The second kappa shape index (κ2) is 11.2. The largest absolute Gasteiger partial charge is 0.696 e. The van der Waals surface area contributed by atoms with Gasteiger partial charge in [0, 0.05) is 14.4 Å². The van der Waals surface area contributed by atoms with Crippen LogP contribution in [-0.4, -0.2) is 38.4 Å². The van der Waals surface area contributed by atoms with E-state index in [1.54, 1.807) is 7.11 Å². The molecule has 0 heterocycles. The molecule has 0 aliphatic carbocycles. The van der Waals surface area contributed by atoms with Gasteiger partial charge in [-0.3, -0.25) is 0 Å². The van der Waals surface area contributed by atoms with E-state index < -0.39 is 7.26 Å². The highest BCUT2D eigenvalue weighted by Crippen LogP contribution is 2.57. The van der Waals surface area contributed by atoms with Gasteiger partial charge < -0.3 is 17.4 Å². The highest BCUT2D eigenvalue weighted by molar-refractivity contribution is 7.75. The summed E-state index contributed by atoms with van der Waals surface area (Å²) >= 11 is 3.70. The number of nitriles is 1. The first-order valence-corrected chi connectivity index (χ1v) is 7.95. The van der Waals surface area contributed by atoms with Crippen LogP contribution in [0.5, 0.6) is 0 Å². The van der Waals surface area contributed by atoms with E-state index in [4.69, 9.17) is 10.00 Å². The molecule has 4 heteroatoms. The molecule has 0 fully saturated rings. The minimum Gasteiger partial charge on any atom is -0.696 e. The molecule has 84 valence electrons. The molecule has 14 heavy (non-hydrogen) atoms. The summed E-state index contributed by atoms with van der Waals surface area (Å²) in [6.07, 6.45) is 5.50. The van der Waals surface area contributed by atoms with Crippen molar-refractivity contribution in [2.45, 2.75) is 20.8 Å². The highest BCUT2D eigenvalue weighted by Gasteiger charge is 2.29. The van der Waals surface area contributed by atoms with Crippen molar-refractivity contribution in [3.63, 3.8) is 0 Å². The molecular weight excluding hydrogens is 213 g/mol. The van der Waals surface area contributed by atoms with Gasteiger partial charge in [-0.25, -0.2) is 5.26 Å². The van der Waals surface area contributed by atoms with Crippen LogP contribution in [0.4, 0.5) is 0 Å². The van der Waals surface area contributed by atoms with E-state index in [1.165, 1.54) is 30.0 Å². The van der Waals surface area contributed by atoms with Crippen molar-refractivity contribution in [1.29, 1.82) is 5.26 Å². The van der Waals surface area contributed by atoms with Crippen molar-refractivity contribution in [3.05, 3.63) is 0 Å². The Morgan fingerprint density at radius 3 is 1.79 bits per heavy atom. The maximum Gasteiger partial charge on any atom is 0.0827 e. The van der Waals surface area contributed by atoms with Crippen molar-refractivity contribution in [2.24, 2.45) is 0 Å². The molecule has 0 aromatic carbocycles. The van der Waals surface area contributed by atoms with Gasteiger partial charge in [-0.1, -0.05) is 5.40 Å². The smallest absolute Gasteiger partial charge is 0.0827 e. The van der Waals surface area contributed by atoms with Crippen molar-refractivity contribution in [3.8, 4) is 5.40 Å². The SMILES string of the molecule is CC[P+](CC)(CC)CCOC.N#C[S-]. The standard InChI is InChI=1S/C9H22OP.CHNS/c1-5-11(6-2,7-3)9-8-10-4;2-1-3/h5-9H2,1-4H3;3H/q+1;/p-1. The molecule has 0 aromatic heterocycles. The quantitative estimate of drug-likeness (QED) is 0.403. The van der Waals surface area contributed by atoms with Crippen molar-refractivity contribution >= 4 is 19.9 Å². The number of ether oxygens (including phenoxy) is 1. The van der Waals surface area contributed by atoms with E-state index in [0.717, 1.165) is 6.61 Å². The molecule has 2 nitrogen and oxygen atoms in total. The van der Waals surface area contributed by atoms with E-state index in [0.29, 0.717) is 0 Å². The van der Waals surface area contributed by atoms with E-state index in [-0.39, 0.29) is 0 Å². The first-order chi connectivity index (χ1) is 6.66. The molecule has 0 atom stereocenters. The Morgan fingerprint density at radius 1 is 1.21 bits per heavy atom. The number of hydrogen-bond acceptors (Lipinski definition) is 3. The molecule has 0 unspecified atom stereocenters. The van der Waals surface area contributed by atoms with Crippen molar-refractivity contribution < 1.29 is 4.74 Å². The van der Waals surface area contributed by atoms with Crippen molar-refractivity contribution in [2.75, 3.05) is 38.4 Å².